The SMILES string of the molecule is O=C(Cc1csc(-c2cccs2)n1)Nc1ccc(-c2ncc3n2CCCC3)cc1. The van der Waals surface area contributed by atoms with Crippen LogP contribution in [0.2, 0.25) is 0 Å². The van der Waals surface area contributed by atoms with Gasteiger partial charge < -0.3 is 9.88 Å². The van der Waals surface area contributed by atoms with Crippen molar-refractivity contribution in [1.29, 1.82) is 0 Å². The number of fused-ring (bicyclic) bond motifs is 1. The summed E-state index contributed by atoms with van der Waals surface area (Å²) in [5.74, 6) is 0.958. The van der Waals surface area contributed by atoms with Crippen molar-refractivity contribution in [3.05, 3.63) is 64.7 Å². The molecule has 0 fully saturated rings. The van der Waals surface area contributed by atoms with Crippen LogP contribution in [0.25, 0.3) is 21.3 Å². The van der Waals surface area contributed by atoms with Gasteiger partial charge >= 0.3 is 0 Å². The predicted molar refractivity (Wildman–Crippen MR) is 118 cm³/mol. The molecule has 0 atom stereocenters. The molecule has 7 heteroatoms. The molecule has 29 heavy (non-hydrogen) atoms. The number of carbonyl (C=O) groups excluding carboxylic acids is 1. The van der Waals surface area contributed by atoms with Crippen LogP contribution < -0.4 is 5.32 Å². The van der Waals surface area contributed by atoms with Crippen molar-refractivity contribution in [3.8, 4) is 21.3 Å². The third kappa shape index (κ3) is 3.88. The highest BCUT2D eigenvalue weighted by Gasteiger charge is 2.15. The van der Waals surface area contributed by atoms with Gasteiger partial charge in [0, 0.05) is 35.1 Å². The average molecular weight is 421 g/mol. The number of rotatable bonds is 5. The lowest BCUT2D eigenvalue weighted by Crippen LogP contribution is -2.14. The van der Waals surface area contributed by atoms with Gasteiger partial charge in [0.1, 0.15) is 10.8 Å². The largest absolute Gasteiger partial charge is 0.328 e. The fraction of sp³-hybridized carbons (Fsp3) is 0.227. The minimum Gasteiger partial charge on any atom is -0.328 e. The normalized spacial score (nSPS) is 13.2. The van der Waals surface area contributed by atoms with Gasteiger partial charge in [-0.15, -0.1) is 22.7 Å². The van der Waals surface area contributed by atoms with Crippen LogP contribution in [0, 0.1) is 0 Å². The van der Waals surface area contributed by atoms with Gasteiger partial charge in [0.15, 0.2) is 0 Å². The predicted octanol–water partition coefficient (Wildman–Crippen LogP) is 5.25. The van der Waals surface area contributed by atoms with Crippen LogP contribution in [0.3, 0.4) is 0 Å². The van der Waals surface area contributed by atoms with Gasteiger partial charge in [0.05, 0.1) is 17.0 Å². The minimum absolute atomic E-state index is 0.0565. The zero-order chi connectivity index (χ0) is 19.6. The lowest BCUT2D eigenvalue weighted by atomic mass is 10.1. The summed E-state index contributed by atoms with van der Waals surface area (Å²) in [6.07, 6.45) is 5.81. The van der Waals surface area contributed by atoms with E-state index in [4.69, 9.17) is 0 Å². The van der Waals surface area contributed by atoms with Crippen LogP contribution in [0.1, 0.15) is 24.2 Å². The lowest BCUT2D eigenvalue weighted by Gasteiger charge is -2.16. The van der Waals surface area contributed by atoms with Crippen LogP contribution >= 0.6 is 22.7 Å². The molecule has 0 unspecified atom stereocenters. The molecule has 0 bridgehead atoms. The second-order valence-electron chi connectivity index (χ2n) is 7.11. The number of carbonyl (C=O) groups is 1. The summed E-state index contributed by atoms with van der Waals surface area (Å²) in [7, 11) is 0. The number of benzene rings is 1. The molecule has 0 saturated heterocycles. The Morgan fingerprint density at radius 3 is 2.86 bits per heavy atom. The van der Waals surface area contributed by atoms with Crippen molar-refractivity contribution in [2.75, 3.05) is 5.32 Å². The standard InChI is InChI=1S/C22H20N4OS2/c27-20(12-17-14-29-22(25-17)19-5-3-11-28-19)24-16-8-6-15(7-9-16)21-23-13-18-4-1-2-10-26(18)21/h3,5-9,11,13-14H,1-2,4,10,12H2,(H,24,27). The fourth-order valence-electron chi connectivity index (χ4n) is 3.64. The van der Waals surface area contributed by atoms with Crippen molar-refractivity contribution in [2.24, 2.45) is 0 Å². The van der Waals surface area contributed by atoms with E-state index in [0.717, 1.165) is 45.6 Å². The Labute approximate surface area is 177 Å². The van der Waals surface area contributed by atoms with E-state index in [9.17, 15) is 4.79 Å². The molecule has 3 aromatic heterocycles. The Bertz CT molecular complexity index is 1130. The smallest absolute Gasteiger partial charge is 0.230 e. The Kier molecular flexibility index (Phi) is 4.99. The van der Waals surface area contributed by atoms with E-state index >= 15 is 0 Å². The Balaban J connectivity index is 1.24. The Morgan fingerprint density at radius 2 is 2.03 bits per heavy atom. The summed E-state index contributed by atoms with van der Waals surface area (Å²) >= 11 is 3.24. The first-order valence-corrected chi connectivity index (χ1v) is 11.5. The molecule has 5 nitrogen and oxygen atoms in total. The summed E-state index contributed by atoms with van der Waals surface area (Å²) in [5.41, 5.74) is 3.99. The monoisotopic (exact) mass is 420 g/mol. The maximum absolute atomic E-state index is 12.4. The van der Waals surface area contributed by atoms with Crippen molar-refractivity contribution in [2.45, 2.75) is 32.2 Å². The highest BCUT2D eigenvalue weighted by Crippen LogP contribution is 2.28. The molecule has 146 valence electrons. The highest BCUT2D eigenvalue weighted by molar-refractivity contribution is 7.20. The zero-order valence-corrected chi connectivity index (χ0v) is 17.4. The molecule has 0 spiro atoms. The molecule has 0 saturated carbocycles. The van der Waals surface area contributed by atoms with Gasteiger partial charge in [-0.3, -0.25) is 4.79 Å². The van der Waals surface area contributed by atoms with Gasteiger partial charge in [-0.2, -0.15) is 0 Å². The van der Waals surface area contributed by atoms with E-state index in [-0.39, 0.29) is 12.3 Å². The van der Waals surface area contributed by atoms with Crippen LogP contribution in [-0.2, 0) is 24.2 Å². The first-order chi connectivity index (χ1) is 14.3. The number of aromatic nitrogens is 3. The highest BCUT2D eigenvalue weighted by atomic mass is 32.1. The minimum atomic E-state index is -0.0565. The maximum Gasteiger partial charge on any atom is 0.230 e. The number of aryl methyl sites for hydroxylation is 1. The molecule has 4 heterocycles. The van der Waals surface area contributed by atoms with Gasteiger partial charge in [0.25, 0.3) is 0 Å². The van der Waals surface area contributed by atoms with Gasteiger partial charge in [-0.25, -0.2) is 9.97 Å². The number of thiophene rings is 1. The van der Waals surface area contributed by atoms with Crippen molar-refractivity contribution >= 4 is 34.3 Å². The average Bonchev–Trinajstić information content (AvgIpc) is 3.49. The zero-order valence-electron chi connectivity index (χ0n) is 15.8. The second-order valence-corrected chi connectivity index (χ2v) is 8.91. The van der Waals surface area contributed by atoms with Gasteiger partial charge in [-0.1, -0.05) is 6.07 Å². The summed E-state index contributed by atoms with van der Waals surface area (Å²) in [5, 5.41) is 7.93. The summed E-state index contributed by atoms with van der Waals surface area (Å²) in [4.78, 5) is 22.7. The summed E-state index contributed by atoms with van der Waals surface area (Å²) in [6.45, 7) is 1.03. The number of hydrogen-bond donors (Lipinski definition) is 1. The quantitative estimate of drug-likeness (QED) is 0.479. The molecule has 4 aromatic rings. The van der Waals surface area contributed by atoms with Crippen LogP contribution in [-0.4, -0.2) is 20.4 Å². The van der Waals surface area contributed by atoms with E-state index in [0.29, 0.717) is 0 Å². The number of thiazole rings is 1. The number of nitrogens with one attached hydrogen (secondary N) is 1. The number of imidazole rings is 1. The molecule has 1 N–H and O–H groups in total. The number of anilines is 1. The first-order valence-electron chi connectivity index (χ1n) is 9.69. The molecule has 0 radical (unpaired) electrons. The Hall–Kier alpha value is -2.77. The van der Waals surface area contributed by atoms with Crippen molar-refractivity contribution < 1.29 is 4.79 Å². The van der Waals surface area contributed by atoms with Gasteiger partial charge in [0.2, 0.25) is 5.91 Å². The molecular weight excluding hydrogens is 400 g/mol. The summed E-state index contributed by atoms with van der Waals surface area (Å²) in [6, 6.07) is 12.0. The van der Waals surface area contributed by atoms with Crippen LogP contribution in [0.4, 0.5) is 5.69 Å². The van der Waals surface area contributed by atoms with Gasteiger partial charge in [-0.05, 0) is 55.0 Å². The molecule has 1 amide bonds. The molecule has 5 rings (SSSR count). The van der Waals surface area contributed by atoms with Crippen molar-refractivity contribution in [1.82, 2.24) is 14.5 Å². The third-order valence-corrected chi connectivity index (χ3v) is 6.99. The third-order valence-electron chi connectivity index (χ3n) is 5.06. The topological polar surface area (TPSA) is 59.8 Å². The Morgan fingerprint density at radius 1 is 1.14 bits per heavy atom. The lowest BCUT2D eigenvalue weighted by molar-refractivity contribution is -0.115. The second kappa shape index (κ2) is 7.93. The van der Waals surface area contributed by atoms with E-state index < -0.39 is 0 Å². The van der Waals surface area contributed by atoms with E-state index in [2.05, 4.69) is 19.9 Å². The molecule has 0 aliphatic carbocycles. The number of hydrogen-bond acceptors (Lipinski definition) is 5. The molecule has 1 aliphatic heterocycles. The van der Waals surface area contributed by atoms with Crippen molar-refractivity contribution in [3.63, 3.8) is 0 Å². The number of amides is 1. The first kappa shape index (κ1) is 18.3. The van der Waals surface area contributed by atoms with Crippen LogP contribution in [0.5, 0.6) is 0 Å². The molecule has 1 aromatic carbocycles. The van der Waals surface area contributed by atoms with E-state index in [1.807, 2.05) is 53.4 Å². The van der Waals surface area contributed by atoms with E-state index in [1.165, 1.54) is 18.5 Å². The van der Waals surface area contributed by atoms with E-state index in [1.54, 1.807) is 22.7 Å². The summed E-state index contributed by atoms with van der Waals surface area (Å²) < 4.78 is 2.31. The maximum atomic E-state index is 12.4. The fourth-order valence-corrected chi connectivity index (χ4v) is 5.27. The molecule has 1 aliphatic rings. The number of nitrogens with zero attached hydrogens (tertiary/aromatic N) is 3. The molecular formula is C22H20N4OS2. The van der Waals surface area contributed by atoms with Crippen LogP contribution in [0.15, 0.2) is 53.4 Å².